The maximum atomic E-state index is 16.4. The Bertz CT molecular complexity index is 1750. The van der Waals surface area contributed by atoms with Gasteiger partial charge in [0, 0.05) is 41.5 Å². The summed E-state index contributed by atoms with van der Waals surface area (Å²) >= 11 is 0.714. The molecule has 2 aromatic heterocycles. The van der Waals surface area contributed by atoms with Crippen molar-refractivity contribution in [2.45, 2.75) is 37.5 Å². The zero-order chi connectivity index (χ0) is 30.6. The number of nitriles is 1. The average molecular weight is 618 g/mol. The van der Waals surface area contributed by atoms with E-state index in [1.54, 1.807) is 0 Å². The highest BCUT2D eigenvalue weighted by Crippen LogP contribution is 2.48. The molecule has 3 aliphatic rings. The molecule has 0 saturated carbocycles. The maximum Gasteiger partial charge on any atom is 0.417 e. The molecular weight excluding hydrogens is 589 g/mol. The first kappa shape index (κ1) is 29.3. The number of piperazine rings is 1. The number of fused-ring (bicyclic) bond motifs is 4. The number of likely N-dealkylation sites (tertiary alicyclic amines) is 1. The van der Waals surface area contributed by atoms with Crippen LogP contribution in [-0.4, -0.2) is 67.3 Å². The molecule has 43 heavy (non-hydrogen) atoms. The smallest absolute Gasteiger partial charge is 0.417 e. The molecule has 2 unspecified atom stereocenters. The maximum absolute atomic E-state index is 16.4. The lowest BCUT2D eigenvalue weighted by atomic mass is 9.92. The van der Waals surface area contributed by atoms with Crippen LogP contribution in [0.25, 0.3) is 32.1 Å². The second kappa shape index (κ2) is 11.0. The molecule has 8 nitrogen and oxygen atoms in total. The summed E-state index contributed by atoms with van der Waals surface area (Å²) in [6.07, 6.45) is -1.76. The van der Waals surface area contributed by atoms with Crippen molar-refractivity contribution in [2.75, 3.05) is 51.0 Å². The number of nitrogens with one attached hydrogen (secondary N) is 1. The number of alkyl halides is 3. The zero-order valence-electron chi connectivity index (χ0n) is 23.4. The van der Waals surface area contributed by atoms with E-state index in [9.17, 15) is 22.8 Å². The summed E-state index contributed by atoms with van der Waals surface area (Å²) in [5.74, 6) is -1.92. The van der Waals surface area contributed by atoms with E-state index in [0.717, 1.165) is 31.0 Å². The molecule has 3 saturated heterocycles. The van der Waals surface area contributed by atoms with Gasteiger partial charge in [-0.2, -0.15) is 28.4 Å². The lowest BCUT2D eigenvalue weighted by molar-refractivity contribution is -0.137. The number of anilines is 2. The number of ether oxygens (including phenoxy) is 1. The van der Waals surface area contributed by atoms with Gasteiger partial charge in [-0.15, -0.1) is 11.3 Å². The third-order valence-electron chi connectivity index (χ3n) is 8.17. The van der Waals surface area contributed by atoms with Crippen molar-refractivity contribution in [3.63, 3.8) is 0 Å². The SMILES string of the molecule is CN1CCC1.COc1nc(N2CC3CCC(C2)N3)c2cc(C(F)(F)F)c(-c3ccc(F)c4sc(N)c(C#N)c34)c(F)c2n1. The summed E-state index contributed by atoms with van der Waals surface area (Å²) in [7, 11) is 3.43. The van der Waals surface area contributed by atoms with Crippen LogP contribution in [0.4, 0.5) is 32.8 Å². The number of benzene rings is 2. The summed E-state index contributed by atoms with van der Waals surface area (Å²) in [6.45, 7) is 3.60. The molecule has 0 amide bonds. The van der Waals surface area contributed by atoms with E-state index in [0.29, 0.717) is 24.4 Å². The standard InChI is InChI=1S/C25H19F5N6OS.C4H9N/c1-37-24-34-20-13(23(35-24)36-8-10-2-3-11(9-36)33-10)6-15(25(28,29)30)18(19(20)27)12-4-5-16(26)21-17(12)14(7-31)22(32)38-21;1-5-3-2-4-5/h4-6,10-11,33H,2-3,8-9,32H2,1H3;2-4H2,1H3. The van der Waals surface area contributed by atoms with Gasteiger partial charge in [-0.1, -0.05) is 6.07 Å². The van der Waals surface area contributed by atoms with Crippen LogP contribution in [0.3, 0.4) is 0 Å². The Labute approximate surface area is 247 Å². The van der Waals surface area contributed by atoms with Gasteiger partial charge < -0.3 is 25.6 Å². The third kappa shape index (κ3) is 5.19. The van der Waals surface area contributed by atoms with E-state index in [4.69, 9.17) is 10.5 Å². The largest absolute Gasteiger partial charge is 0.467 e. The van der Waals surface area contributed by atoms with Gasteiger partial charge in [0.1, 0.15) is 28.2 Å². The van der Waals surface area contributed by atoms with E-state index < -0.39 is 28.9 Å². The van der Waals surface area contributed by atoms with Gasteiger partial charge in [0.2, 0.25) is 0 Å². The van der Waals surface area contributed by atoms with Gasteiger partial charge >= 0.3 is 12.2 Å². The number of hydrogen-bond donors (Lipinski definition) is 2. The normalized spacial score (nSPS) is 20.1. The van der Waals surface area contributed by atoms with Crippen LogP contribution < -0.4 is 20.7 Å². The number of nitrogens with zero attached hydrogens (tertiary/aromatic N) is 5. The molecule has 5 heterocycles. The fraction of sp³-hybridized carbons (Fsp3) is 0.414. The predicted molar refractivity (Wildman–Crippen MR) is 155 cm³/mol. The second-order valence-corrected chi connectivity index (χ2v) is 12.0. The molecule has 4 aromatic rings. The van der Waals surface area contributed by atoms with Crippen molar-refractivity contribution in [3.8, 4) is 23.2 Å². The number of thiophene rings is 1. The summed E-state index contributed by atoms with van der Waals surface area (Å²) in [4.78, 5) is 12.5. The number of methoxy groups -OCH3 is 1. The molecule has 7 rings (SSSR count). The van der Waals surface area contributed by atoms with Crippen molar-refractivity contribution >= 4 is 43.1 Å². The highest BCUT2D eigenvalue weighted by molar-refractivity contribution is 7.23. The Morgan fingerprint density at radius 3 is 2.37 bits per heavy atom. The first-order valence-electron chi connectivity index (χ1n) is 13.8. The molecule has 3 aliphatic heterocycles. The first-order chi connectivity index (χ1) is 20.5. The second-order valence-electron chi connectivity index (χ2n) is 11.0. The van der Waals surface area contributed by atoms with Crippen molar-refractivity contribution in [1.29, 1.82) is 5.26 Å². The Balaban J connectivity index is 0.000000599. The summed E-state index contributed by atoms with van der Waals surface area (Å²) in [6, 6.07) is 4.66. The topological polar surface area (TPSA) is 103 Å². The van der Waals surface area contributed by atoms with E-state index in [-0.39, 0.29) is 61.0 Å². The molecule has 2 aromatic carbocycles. The predicted octanol–water partition coefficient (Wildman–Crippen LogP) is 5.53. The molecule has 0 aliphatic carbocycles. The van der Waals surface area contributed by atoms with Crippen LogP contribution in [0, 0.1) is 23.0 Å². The van der Waals surface area contributed by atoms with Gasteiger partial charge in [-0.25, -0.2) is 8.78 Å². The number of halogens is 5. The summed E-state index contributed by atoms with van der Waals surface area (Å²) in [5, 5.41) is 12.7. The van der Waals surface area contributed by atoms with Crippen molar-refractivity contribution in [1.82, 2.24) is 20.2 Å². The van der Waals surface area contributed by atoms with Gasteiger partial charge in [0.05, 0.1) is 22.9 Å². The van der Waals surface area contributed by atoms with Crippen LogP contribution in [0.2, 0.25) is 0 Å². The van der Waals surface area contributed by atoms with Crippen molar-refractivity contribution in [3.05, 3.63) is 41.0 Å². The first-order valence-corrected chi connectivity index (χ1v) is 14.6. The molecule has 3 N–H and O–H groups in total. The molecular formula is C29H28F5N7OS. The minimum Gasteiger partial charge on any atom is -0.467 e. The fourth-order valence-electron chi connectivity index (χ4n) is 5.96. The Morgan fingerprint density at radius 2 is 1.81 bits per heavy atom. The highest BCUT2D eigenvalue weighted by Gasteiger charge is 2.39. The minimum absolute atomic E-state index is 0.0803. The minimum atomic E-state index is -5.00. The Kier molecular flexibility index (Phi) is 7.52. The number of rotatable bonds is 3. The van der Waals surface area contributed by atoms with Crippen LogP contribution in [0.5, 0.6) is 6.01 Å². The van der Waals surface area contributed by atoms with E-state index in [2.05, 4.69) is 27.2 Å². The number of hydrogen-bond acceptors (Lipinski definition) is 9. The van der Waals surface area contributed by atoms with Gasteiger partial charge in [-0.05, 0) is 57.1 Å². The molecule has 3 fully saturated rings. The number of nitrogens with two attached hydrogens (primary N) is 1. The van der Waals surface area contributed by atoms with Gasteiger partial charge in [0.15, 0.2) is 5.82 Å². The molecule has 2 atom stereocenters. The monoisotopic (exact) mass is 617 g/mol. The average Bonchev–Trinajstić information content (AvgIpc) is 3.49. The summed E-state index contributed by atoms with van der Waals surface area (Å²) < 4.78 is 79.7. The highest BCUT2D eigenvalue weighted by atomic mass is 32.1. The van der Waals surface area contributed by atoms with Crippen molar-refractivity contribution < 1.29 is 26.7 Å². The van der Waals surface area contributed by atoms with E-state index >= 15 is 4.39 Å². The fourth-order valence-corrected chi connectivity index (χ4v) is 6.91. The van der Waals surface area contributed by atoms with E-state index in [1.807, 2.05) is 11.0 Å². The lowest BCUT2D eigenvalue weighted by Crippen LogP contribution is -2.51. The quantitative estimate of drug-likeness (QED) is 0.289. The number of nitrogen functional groups attached to an aromatic ring is 1. The van der Waals surface area contributed by atoms with Crippen LogP contribution in [-0.2, 0) is 6.18 Å². The third-order valence-corrected chi connectivity index (χ3v) is 9.20. The molecule has 0 radical (unpaired) electrons. The van der Waals surface area contributed by atoms with Crippen molar-refractivity contribution in [2.24, 2.45) is 0 Å². The van der Waals surface area contributed by atoms with Gasteiger partial charge in [-0.3, -0.25) is 0 Å². The Hall–Kier alpha value is -3.80. The lowest BCUT2D eigenvalue weighted by Gasteiger charge is -2.34. The van der Waals surface area contributed by atoms with E-state index in [1.165, 1.54) is 26.6 Å². The zero-order valence-corrected chi connectivity index (χ0v) is 24.2. The molecule has 226 valence electrons. The van der Waals surface area contributed by atoms with Crippen LogP contribution >= 0.6 is 11.3 Å². The summed E-state index contributed by atoms with van der Waals surface area (Å²) in [5.41, 5.74) is 2.82. The number of aromatic nitrogens is 2. The Morgan fingerprint density at radius 1 is 1.14 bits per heavy atom. The van der Waals surface area contributed by atoms with Crippen LogP contribution in [0.15, 0.2) is 18.2 Å². The molecule has 14 heteroatoms. The molecule has 2 bridgehead atoms. The van der Waals surface area contributed by atoms with Gasteiger partial charge in [0.25, 0.3) is 0 Å². The molecule has 0 spiro atoms. The van der Waals surface area contributed by atoms with Crippen LogP contribution in [0.1, 0.15) is 30.4 Å².